The van der Waals surface area contributed by atoms with E-state index in [1.807, 2.05) is 0 Å². The lowest BCUT2D eigenvalue weighted by molar-refractivity contribution is -0.129. The van der Waals surface area contributed by atoms with E-state index in [0.29, 0.717) is 40.6 Å². The van der Waals surface area contributed by atoms with Gasteiger partial charge in [-0.25, -0.2) is 4.98 Å². The van der Waals surface area contributed by atoms with E-state index in [2.05, 4.69) is 50.5 Å². The molecule has 7 rings (SSSR count). The first-order valence-corrected chi connectivity index (χ1v) is 13.7. The van der Waals surface area contributed by atoms with Crippen LogP contribution in [0.3, 0.4) is 0 Å². The molecular weight excluding hydrogens is 476 g/mol. The number of halogens is 1. The number of hydrogen-bond donors (Lipinski definition) is 4. The van der Waals surface area contributed by atoms with Gasteiger partial charge in [0.1, 0.15) is 5.02 Å². The lowest BCUT2D eigenvalue weighted by Crippen LogP contribution is -2.59. The zero-order valence-electron chi connectivity index (χ0n) is 21.0. The van der Waals surface area contributed by atoms with Crippen molar-refractivity contribution in [3.05, 3.63) is 35.0 Å². The molecule has 0 spiro atoms. The molecule has 36 heavy (non-hydrogen) atoms. The Bertz CT molecular complexity index is 1090. The number of anilines is 4. The van der Waals surface area contributed by atoms with Crippen LogP contribution in [-0.4, -0.2) is 76.1 Å². The quantitative estimate of drug-likeness (QED) is 0.446. The van der Waals surface area contributed by atoms with Crippen LogP contribution in [0.25, 0.3) is 0 Å². The van der Waals surface area contributed by atoms with Gasteiger partial charge in [-0.3, -0.25) is 4.90 Å². The number of nitrogens with one attached hydrogen (secondary N) is 2. The lowest BCUT2D eigenvalue weighted by Gasteiger charge is -2.58. The Labute approximate surface area is 218 Å². The predicted octanol–water partition coefficient (Wildman–Crippen LogP) is 3.65. The maximum absolute atomic E-state index is 10.9. The number of rotatable bonds is 7. The van der Waals surface area contributed by atoms with Crippen LogP contribution in [0.4, 0.5) is 23.1 Å². The molecule has 1 aromatic heterocycles. The number of aromatic nitrogens is 2. The third kappa shape index (κ3) is 4.76. The van der Waals surface area contributed by atoms with Crippen LogP contribution in [0, 0.1) is 24.7 Å². The molecule has 2 unspecified atom stereocenters. The number of aliphatic hydroxyl groups is 2. The average Bonchev–Trinajstić information content (AvgIpc) is 2.83. The molecule has 4 bridgehead atoms. The van der Waals surface area contributed by atoms with E-state index in [1.54, 1.807) is 6.20 Å². The normalized spacial score (nSPS) is 31.6. The van der Waals surface area contributed by atoms with Crippen molar-refractivity contribution in [1.29, 1.82) is 0 Å². The van der Waals surface area contributed by atoms with E-state index in [9.17, 15) is 10.2 Å². The number of benzene rings is 1. The number of aryl methyl sites for hydroxylation is 1. The average molecular weight is 513 g/mol. The van der Waals surface area contributed by atoms with Crippen molar-refractivity contribution in [3.8, 4) is 0 Å². The maximum Gasteiger partial charge on any atom is 0.229 e. The van der Waals surface area contributed by atoms with Gasteiger partial charge in [0, 0.05) is 50.1 Å². The summed E-state index contributed by atoms with van der Waals surface area (Å²) in [5, 5.41) is 27.6. The van der Waals surface area contributed by atoms with Crippen LogP contribution >= 0.6 is 11.6 Å². The molecule has 9 heteroatoms. The largest absolute Gasteiger partial charge is 0.395 e. The summed E-state index contributed by atoms with van der Waals surface area (Å²) in [5.74, 6) is 2.81. The zero-order chi connectivity index (χ0) is 24.9. The molecule has 5 aliphatic rings. The van der Waals surface area contributed by atoms with Crippen molar-refractivity contribution in [1.82, 2.24) is 14.9 Å². The van der Waals surface area contributed by atoms with Gasteiger partial charge in [-0.2, -0.15) is 4.98 Å². The Morgan fingerprint density at radius 2 is 1.86 bits per heavy atom. The first-order valence-electron chi connectivity index (χ1n) is 13.4. The van der Waals surface area contributed by atoms with Crippen molar-refractivity contribution >= 4 is 34.7 Å². The summed E-state index contributed by atoms with van der Waals surface area (Å²) in [5.41, 5.74) is 2.94. The van der Waals surface area contributed by atoms with Gasteiger partial charge >= 0.3 is 0 Å². The monoisotopic (exact) mass is 512 g/mol. The summed E-state index contributed by atoms with van der Waals surface area (Å²) in [6, 6.07) is 6.68. The molecule has 2 atom stereocenters. The van der Waals surface area contributed by atoms with Gasteiger partial charge in [-0.1, -0.05) is 11.6 Å². The molecule has 1 aromatic carbocycles. The molecule has 5 fully saturated rings. The fourth-order valence-electron chi connectivity index (χ4n) is 7.47. The molecule has 0 amide bonds. The van der Waals surface area contributed by atoms with Gasteiger partial charge in [-0.05, 0) is 80.5 Å². The van der Waals surface area contributed by atoms with Crippen molar-refractivity contribution in [2.24, 2.45) is 17.8 Å². The minimum absolute atomic E-state index is 0.217. The van der Waals surface area contributed by atoms with E-state index < -0.39 is 5.60 Å². The number of aliphatic hydroxyl groups excluding tert-OH is 1. The van der Waals surface area contributed by atoms with Gasteiger partial charge in [0.15, 0.2) is 5.82 Å². The fourth-order valence-corrected chi connectivity index (χ4v) is 7.62. The first kappa shape index (κ1) is 24.2. The van der Waals surface area contributed by atoms with Crippen LogP contribution in [0.1, 0.15) is 37.7 Å². The topological polar surface area (TPSA) is 96.8 Å². The van der Waals surface area contributed by atoms with E-state index in [0.717, 1.165) is 57.7 Å². The standard InChI is InChI=1S/C27H37ClN6O2/c1-17-10-21(2-3-23(17)34-6-4-33(5-7-34)8-9-35)30-26-29-16-22(28)25(32-26)31-24-19-11-18-12-20(24)15-27(36,13-18)14-19/h2-3,10,16,18-20,24,35-36H,4-9,11-15H2,1H3,(H2,29,30,31,32). The van der Waals surface area contributed by atoms with Gasteiger partial charge in [0.05, 0.1) is 18.4 Å². The summed E-state index contributed by atoms with van der Waals surface area (Å²) >= 11 is 6.51. The number of β-amino-alcohol motifs (C(OH)–C–C–N with tert-alkyl or cyclic N) is 1. The second-order valence-corrected chi connectivity index (χ2v) is 11.8. The minimum atomic E-state index is -0.451. The summed E-state index contributed by atoms with van der Waals surface area (Å²) in [7, 11) is 0. The highest BCUT2D eigenvalue weighted by molar-refractivity contribution is 6.32. The van der Waals surface area contributed by atoms with Crippen LogP contribution in [-0.2, 0) is 0 Å². The van der Waals surface area contributed by atoms with Crippen molar-refractivity contribution in [2.45, 2.75) is 50.7 Å². The Balaban J connectivity index is 1.13. The van der Waals surface area contributed by atoms with Crippen molar-refractivity contribution in [3.63, 3.8) is 0 Å². The zero-order valence-corrected chi connectivity index (χ0v) is 21.7. The number of hydrogen-bond acceptors (Lipinski definition) is 8. The van der Waals surface area contributed by atoms with Crippen LogP contribution in [0.5, 0.6) is 0 Å². The van der Waals surface area contributed by atoms with E-state index in [-0.39, 0.29) is 6.61 Å². The molecule has 194 valence electrons. The highest BCUT2D eigenvalue weighted by atomic mass is 35.5. The second-order valence-electron chi connectivity index (χ2n) is 11.4. The molecular formula is C27H37ClN6O2. The minimum Gasteiger partial charge on any atom is -0.395 e. The molecule has 2 heterocycles. The van der Waals surface area contributed by atoms with E-state index in [4.69, 9.17) is 16.6 Å². The lowest BCUT2D eigenvalue weighted by atomic mass is 9.52. The third-order valence-electron chi connectivity index (χ3n) is 8.87. The molecule has 1 saturated heterocycles. The van der Waals surface area contributed by atoms with Gasteiger partial charge in [0.25, 0.3) is 0 Å². The SMILES string of the molecule is Cc1cc(Nc2ncc(Cl)c(NC3C4CC5CC3CC(O)(C5)C4)n2)ccc1N1CCN(CCO)CC1. The van der Waals surface area contributed by atoms with E-state index in [1.165, 1.54) is 24.1 Å². The van der Waals surface area contributed by atoms with Gasteiger partial charge < -0.3 is 25.7 Å². The highest BCUT2D eigenvalue weighted by Gasteiger charge is 2.54. The van der Waals surface area contributed by atoms with Crippen LogP contribution in [0.2, 0.25) is 5.02 Å². The molecule has 0 radical (unpaired) electrons. The summed E-state index contributed by atoms with van der Waals surface area (Å²) in [6.45, 7) is 6.96. The first-order chi connectivity index (χ1) is 17.4. The third-order valence-corrected chi connectivity index (χ3v) is 9.15. The van der Waals surface area contributed by atoms with Gasteiger partial charge in [-0.15, -0.1) is 0 Å². The Hall–Kier alpha value is -2.13. The maximum atomic E-state index is 10.9. The smallest absolute Gasteiger partial charge is 0.229 e. The number of nitrogens with zero attached hydrogens (tertiary/aromatic N) is 4. The molecule has 4 aliphatic carbocycles. The highest BCUT2D eigenvalue weighted by Crippen LogP contribution is 2.56. The molecule has 1 aliphatic heterocycles. The van der Waals surface area contributed by atoms with Crippen molar-refractivity contribution in [2.75, 3.05) is 54.9 Å². The Morgan fingerprint density at radius 3 is 2.53 bits per heavy atom. The predicted molar refractivity (Wildman–Crippen MR) is 143 cm³/mol. The summed E-state index contributed by atoms with van der Waals surface area (Å²) < 4.78 is 0. The molecule has 2 aromatic rings. The van der Waals surface area contributed by atoms with Crippen LogP contribution in [0.15, 0.2) is 24.4 Å². The van der Waals surface area contributed by atoms with Crippen LogP contribution < -0.4 is 15.5 Å². The molecule has 8 nitrogen and oxygen atoms in total. The Kier molecular flexibility index (Phi) is 6.48. The molecule has 4 N–H and O–H groups in total. The fraction of sp³-hybridized carbons (Fsp3) is 0.630. The Morgan fingerprint density at radius 1 is 1.11 bits per heavy atom. The summed E-state index contributed by atoms with van der Waals surface area (Å²) in [6.07, 6.45) is 6.78. The summed E-state index contributed by atoms with van der Waals surface area (Å²) in [4.78, 5) is 13.9. The van der Waals surface area contributed by atoms with Gasteiger partial charge in [0.2, 0.25) is 5.95 Å². The van der Waals surface area contributed by atoms with E-state index >= 15 is 0 Å². The second kappa shape index (κ2) is 9.63. The molecule has 4 saturated carbocycles. The van der Waals surface area contributed by atoms with Crippen molar-refractivity contribution < 1.29 is 10.2 Å². The number of piperazine rings is 1.